The summed E-state index contributed by atoms with van der Waals surface area (Å²) >= 11 is 0. The molecule has 6 rings (SSSR count). The van der Waals surface area contributed by atoms with Crippen molar-refractivity contribution in [2.75, 3.05) is 0 Å². The third-order valence-corrected chi connectivity index (χ3v) is 6.73. The zero-order chi connectivity index (χ0) is 27.5. The molecule has 3 nitrogen and oxygen atoms in total. The Bertz CT molecular complexity index is 1820. The highest BCUT2D eigenvalue weighted by Crippen LogP contribution is 2.37. The van der Waals surface area contributed by atoms with Gasteiger partial charge in [0.1, 0.15) is 17.7 Å². The Morgan fingerprint density at radius 3 is 2.30 bits per heavy atom. The number of rotatable bonds is 4. The van der Waals surface area contributed by atoms with Crippen molar-refractivity contribution in [2.45, 2.75) is 41.0 Å². The highest BCUT2D eigenvalue weighted by molar-refractivity contribution is 5.95. The van der Waals surface area contributed by atoms with E-state index in [0.29, 0.717) is 11.1 Å². The molecule has 184 valence electrons. The summed E-state index contributed by atoms with van der Waals surface area (Å²) in [5.41, 5.74) is 9.43. The van der Waals surface area contributed by atoms with Crippen molar-refractivity contribution in [3.05, 3.63) is 108 Å². The predicted octanol–water partition coefficient (Wildman–Crippen LogP) is 9.31. The summed E-state index contributed by atoms with van der Waals surface area (Å²) in [5.74, 6) is 0.799. The van der Waals surface area contributed by atoms with Gasteiger partial charge in [-0.25, -0.2) is 4.98 Å². The average molecular weight is 487 g/mol. The maximum Gasteiger partial charge on any atom is 0.149 e. The van der Waals surface area contributed by atoms with E-state index in [1.54, 1.807) is 6.26 Å². The molecule has 2 aromatic heterocycles. The van der Waals surface area contributed by atoms with Gasteiger partial charge in [-0.3, -0.25) is 4.57 Å². The van der Waals surface area contributed by atoms with Gasteiger partial charge in [0.15, 0.2) is 0 Å². The standard InChI is InChI=1S/C34H32N2O/c1-22-17-26(18-23(2)32(22)25-11-7-6-8-12-25)36-30-14-10-9-13-29(30)35-33(36)28-21-37-31-19-24(15-16-27(28)31)20-34(3,4)5/h6-19,21H,20H2,1-5H3/i20D2. The molecule has 0 N–H and O–H groups in total. The second kappa shape index (κ2) is 8.77. The maximum absolute atomic E-state index is 8.71. The summed E-state index contributed by atoms with van der Waals surface area (Å²) < 4.78 is 25.7. The Hall–Kier alpha value is -4.11. The molecular weight excluding hydrogens is 452 g/mol. The Balaban J connectivity index is 1.55. The van der Waals surface area contributed by atoms with E-state index in [2.05, 4.69) is 60.9 Å². The van der Waals surface area contributed by atoms with Crippen molar-refractivity contribution < 1.29 is 7.16 Å². The summed E-state index contributed by atoms with van der Waals surface area (Å²) in [6.07, 6.45) is 0.244. The molecule has 0 aliphatic heterocycles. The van der Waals surface area contributed by atoms with E-state index < -0.39 is 11.8 Å². The summed E-state index contributed by atoms with van der Waals surface area (Å²) in [7, 11) is 0. The van der Waals surface area contributed by atoms with Gasteiger partial charge in [0.2, 0.25) is 0 Å². The molecule has 37 heavy (non-hydrogen) atoms. The van der Waals surface area contributed by atoms with Crippen molar-refractivity contribution >= 4 is 22.0 Å². The van der Waals surface area contributed by atoms with Gasteiger partial charge in [0.25, 0.3) is 0 Å². The van der Waals surface area contributed by atoms with Gasteiger partial charge < -0.3 is 4.42 Å². The van der Waals surface area contributed by atoms with Crippen molar-refractivity contribution in [1.29, 1.82) is 0 Å². The number of nitrogens with zero attached hydrogens (tertiary/aromatic N) is 2. The van der Waals surface area contributed by atoms with Gasteiger partial charge in [-0.1, -0.05) is 75.4 Å². The van der Waals surface area contributed by atoms with Gasteiger partial charge in [-0.05, 0) is 83.8 Å². The molecule has 0 aliphatic carbocycles. The van der Waals surface area contributed by atoms with Crippen molar-refractivity contribution in [3.8, 4) is 28.2 Å². The number of benzene rings is 4. The van der Waals surface area contributed by atoms with Crippen LogP contribution in [0.2, 0.25) is 0 Å². The number of hydrogen-bond acceptors (Lipinski definition) is 2. The zero-order valence-corrected chi connectivity index (χ0v) is 22.0. The number of furan rings is 1. The first-order chi connectivity index (χ1) is 18.6. The minimum absolute atomic E-state index is 0.550. The van der Waals surface area contributed by atoms with Crippen LogP contribution in [0.4, 0.5) is 0 Å². The van der Waals surface area contributed by atoms with Crippen LogP contribution < -0.4 is 0 Å². The summed E-state index contributed by atoms with van der Waals surface area (Å²) in [6.45, 7) is 10.1. The lowest BCUT2D eigenvalue weighted by molar-refractivity contribution is 0.411. The van der Waals surface area contributed by atoms with Crippen LogP contribution in [0.3, 0.4) is 0 Å². The molecule has 3 heteroatoms. The third-order valence-electron chi connectivity index (χ3n) is 6.73. The van der Waals surface area contributed by atoms with E-state index in [4.69, 9.17) is 12.1 Å². The number of para-hydroxylation sites is 2. The molecule has 0 saturated carbocycles. The molecule has 0 fully saturated rings. The Labute approximate surface area is 221 Å². The topological polar surface area (TPSA) is 31.0 Å². The SMILES string of the molecule is [2H]C([2H])(c1ccc2c(-c3nc4ccccc4n3-c3cc(C)c(-c4ccccc4)c(C)c3)coc2c1)C(C)(C)C. The summed E-state index contributed by atoms with van der Waals surface area (Å²) in [6, 6.07) is 28.8. The fraction of sp³-hybridized carbons (Fsp3) is 0.206. The molecule has 0 atom stereocenters. The van der Waals surface area contributed by atoms with Crippen LogP contribution >= 0.6 is 0 Å². The Morgan fingerprint density at radius 2 is 1.57 bits per heavy atom. The summed E-state index contributed by atoms with van der Waals surface area (Å²) in [5, 5.41) is 0.911. The van der Waals surface area contributed by atoms with Gasteiger partial charge in [-0.15, -0.1) is 0 Å². The number of imidazole rings is 1. The van der Waals surface area contributed by atoms with Gasteiger partial charge >= 0.3 is 0 Å². The molecule has 2 heterocycles. The van der Waals surface area contributed by atoms with Gasteiger partial charge in [0, 0.05) is 13.8 Å². The van der Waals surface area contributed by atoms with Gasteiger partial charge in [-0.2, -0.15) is 0 Å². The highest BCUT2D eigenvalue weighted by atomic mass is 16.3. The largest absolute Gasteiger partial charge is 0.464 e. The molecule has 0 saturated heterocycles. The van der Waals surface area contributed by atoms with Crippen molar-refractivity contribution in [1.82, 2.24) is 9.55 Å². The van der Waals surface area contributed by atoms with E-state index in [0.717, 1.165) is 33.5 Å². The van der Waals surface area contributed by atoms with Crippen LogP contribution in [0.1, 0.15) is 40.2 Å². The molecule has 0 unspecified atom stereocenters. The van der Waals surface area contributed by atoms with E-state index >= 15 is 0 Å². The van der Waals surface area contributed by atoms with Crippen molar-refractivity contribution in [2.24, 2.45) is 5.41 Å². The van der Waals surface area contributed by atoms with Crippen LogP contribution in [-0.2, 0) is 6.37 Å². The quantitative estimate of drug-likeness (QED) is 0.248. The molecule has 0 spiro atoms. The normalized spacial score (nSPS) is 13.2. The fourth-order valence-corrected chi connectivity index (χ4v) is 5.31. The van der Waals surface area contributed by atoms with Crippen molar-refractivity contribution in [3.63, 3.8) is 0 Å². The van der Waals surface area contributed by atoms with Crippen LogP contribution in [-0.4, -0.2) is 9.55 Å². The van der Waals surface area contributed by atoms with Crippen LogP contribution in [0.25, 0.3) is 50.2 Å². The predicted molar refractivity (Wildman–Crippen MR) is 154 cm³/mol. The van der Waals surface area contributed by atoms with E-state index in [1.807, 2.05) is 63.2 Å². The third kappa shape index (κ3) is 4.25. The average Bonchev–Trinajstić information content (AvgIpc) is 3.49. The number of hydrogen-bond donors (Lipinski definition) is 0. The fourth-order valence-electron chi connectivity index (χ4n) is 5.31. The second-order valence-corrected chi connectivity index (χ2v) is 10.8. The minimum atomic E-state index is -1.50. The highest BCUT2D eigenvalue weighted by Gasteiger charge is 2.20. The smallest absolute Gasteiger partial charge is 0.149 e. The lowest BCUT2D eigenvalue weighted by Crippen LogP contribution is -2.08. The molecule has 0 aliphatic rings. The van der Waals surface area contributed by atoms with Gasteiger partial charge in [0.05, 0.1) is 16.6 Å². The molecule has 0 radical (unpaired) electrons. The molecule has 4 aromatic carbocycles. The molecule has 0 amide bonds. The monoisotopic (exact) mass is 486 g/mol. The minimum Gasteiger partial charge on any atom is -0.464 e. The first-order valence-corrected chi connectivity index (χ1v) is 12.7. The zero-order valence-electron chi connectivity index (χ0n) is 24.0. The molecule has 6 aromatic rings. The number of aryl methyl sites for hydroxylation is 2. The first-order valence-electron chi connectivity index (χ1n) is 13.7. The Morgan fingerprint density at radius 1 is 0.865 bits per heavy atom. The van der Waals surface area contributed by atoms with E-state index in [1.165, 1.54) is 22.3 Å². The first kappa shape index (κ1) is 21.0. The van der Waals surface area contributed by atoms with Crippen LogP contribution in [0.5, 0.6) is 0 Å². The number of aromatic nitrogens is 2. The Kier molecular flexibility index (Phi) is 4.98. The molecular formula is C34H32N2O. The molecule has 0 bridgehead atoms. The maximum atomic E-state index is 8.71. The number of fused-ring (bicyclic) bond motifs is 2. The van der Waals surface area contributed by atoms with Crippen LogP contribution in [0, 0.1) is 19.3 Å². The summed E-state index contributed by atoms with van der Waals surface area (Å²) in [4.78, 5) is 5.06. The lowest BCUT2D eigenvalue weighted by atomic mass is 9.88. The van der Waals surface area contributed by atoms with E-state index in [-0.39, 0.29) is 0 Å². The van der Waals surface area contributed by atoms with E-state index in [9.17, 15) is 0 Å². The second-order valence-electron chi connectivity index (χ2n) is 10.8. The lowest BCUT2D eigenvalue weighted by Gasteiger charge is -2.18. The van der Waals surface area contributed by atoms with Crippen LogP contribution in [0.15, 0.2) is 95.6 Å².